The number of ether oxygens (including phenoxy) is 2. The standard InChI is InChI=1S/C31H33F4N5O5/c1-17-8-20(23-7-6-22(45-30(32)33)11-24(23)28(42)39-15-31(34,35)16-39)10-26(37-17)38-27(41)25-9-19(13-36-12-18(2)44-3)14-40(29(25)43)21-4-5-21/h6-11,14,18,21,30,36H,4-5,12-13,15-16H2,1-3H3,(H,37,38,41)/t18-/m0/s1. The van der Waals surface area contributed by atoms with Gasteiger partial charge >= 0.3 is 6.61 Å². The lowest BCUT2D eigenvalue weighted by Gasteiger charge is -2.39. The Balaban J connectivity index is 1.44. The normalized spacial score (nSPS) is 16.3. The summed E-state index contributed by atoms with van der Waals surface area (Å²) in [5.41, 5.74) is 1.09. The minimum Gasteiger partial charge on any atom is -0.435 e. The number of amides is 2. The fourth-order valence-electron chi connectivity index (χ4n) is 5.07. The van der Waals surface area contributed by atoms with Crippen molar-refractivity contribution in [3.63, 3.8) is 0 Å². The lowest BCUT2D eigenvalue weighted by molar-refractivity contribution is -0.113. The predicted octanol–water partition coefficient (Wildman–Crippen LogP) is 4.62. The molecule has 1 saturated carbocycles. The Labute approximate surface area is 256 Å². The molecule has 2 aliphatic rings. The highest BCUT2D eigenvalue weighted by Gasteiger charge is 2.46. The molecule has 2 amide bonds. The number of hydrogen-bond acceptors (Lipinski definition) is 7. The zero-order valence-corrected chi connectivity index (χ0v) is 24.9. The first-order valence-electron chi connectivity index (χ1n) is 14.4. The number of likely N-dealkylation sites (tertiary alicyclic amines) is 1. The van der Waals surface area contributed by atoms with E-state index in [-0.39, 0.29) is 40.4 Å². The summed E-state index contributed by atoms with van der Waals surface area (Å²) in [6.07, 6.45) is 3.38. The van der Waals surface area contributed by atoms with E-state index >= 15 is 0 Å². The van der Waals surface area contributed by atoms with E-state index in [9.17, 15) is 31.9 Å². The number of aryl methyl sites for hydroxylation is 1. The highest BCUT2D eigenvalue weighted by molar-refractivity contribution is 6.05. The molecule has 14 heteroatoms. The van der Waals surface area contributed by atoms with Crippen LogP contribution in [-0.4, -0.2) is 71.6 Å². The van der Waals surface area contributed by atoms with Crippen molar-refractivity contribution < 1.29 is 36.6 Å². The molecule has 2 N–H and O–H groups in total. The van der Waals surface area contributed by atoms with E-state index in [1.54, 1.807) is 30.9 Å². The molecule has 240 valence electrons. The molecule has 1 aromatic carbocycles. The minimum absolute atomic E-state index is 0.0185. The van der Waals surface area contributed by atoms with Crippen molar-refractivity contribution in [2.24, 2.45) is 0 Å². The fourth-order valence-corrected chi connectivity index (χ4v) is 5.07. The summed E-state index contributed by atoms with van der Waals surface area (Å²) < 4.78 is 64.2. The number of pyridine rings is 2. The van der Waals surface area contributed by atoms with Crippen molar-refractivity contribution >= 4 is 17.6 Å². The van der Waals surface area contributed by atoms with E-state index in [4.69, 9.17) is 4.74 Å². The van der Waals surface area contributed by atoms with Gasteiger partial charge in [-0.1, -0.05) is 0 Å². The van der Waals surface area contributed by atoms with Crippen LogP contribution in [0.15, 0.2) is 47.4 Å². The average molecular weight is 632 g/mol. The molecule has 3 aromatic rings. The molecule has 45 heavy (non-hydrogen) atoms. The molecule has 10 nitrogen and oxygen atoms in total. The number of nitrogens with one attached hydrogen (secondary N) is 2. The van der Waals surface area contributed by atoms with Crippen LogP contribution in [0.5, 0.6) is 5.75 Å². The maximum absolute atomic E-state index is 13.5. The van der Waals surface area contributed by atoms with Gasteiger partial charge in [-0.2, -0.15) is 8.78 Å². The Morgan fingerprint density at radius 2 is 1.84 bits per heavy atom. The summed E-state index contributed by atoms with van der Waals surface area (Å²) in [7, 11) is 1.61. The van der Waals surface area contributed by atoms with Gasteiger partial charge in [0.25, 0.3) is 23.3 Å². The largest absolute Gasteiger partial charge is 0.435 e. The highest BCUT2D eigenvalue weighted by Crippen LogP contribution is 2.35. The maximum atomic E-state index is 13.5. The average Bonchev–Trinajstić information content (AvgIpc) is 3.81. The number of nitrogens with zero attached hydrogens (tertiary/aromatic N) is 3. The molecule has 1 atom stereocenters. The Morgan fingerprint density at radius 1 is 1.11 bits per heavy atom. The van der Waals surface area contributed by atoms with Crippen LogP contribution in [0.25, 0.3) is 11.1 Å². The van der Waals surface area contributed by atoms with Gasteiger partial charge in [-0.05, 0) is 79.8 Å². The first kappa shape index (κ1) is 32.1. The number of rotatable bonds is 12. The summed E-state index contributed by atoms with van der Waals surface area (Å²) >= 11 is 0. The molecular formula is C31H33F4N5O5. The summed E-state index contributed by atoms with van der Waals surface area (Å²) in [5, 5.41) is 5.92. The number of halogens is 4. The van der Waals surface area contributed by atoms with Gasteiger partial charge in [0.05, 0.1) is 24.8 Å². The Kier molecular flexibility index (Phi) is 9.26. The Morgan fingerprint density at radius 3 is 2.49 bits per heavy atom. The number of methoxy groups -OCH3 is 1. The lowest BCUT2D eigenvalue weighted by Crippen LogP contribution is -2.58. The first-order chi connectivity index (χ1) is 21.3. The van der Waals surface area contributed by atoms with Crippen LogP contribution in [0.1, 0.15) is 57.8 Å². The van der Waals surface area contributed by atoms with Gasteiger partial charge in [-0.3, -0.25) is 14.4 Å². The SMILES string of the molecule is CO[C@@H](C)CNCc1cc(C(=O)Nc2cc(-c3ccc(OC(F)F)cc3C(=O)N3CC(F)(F)C3)cc(C)n2)c(=O)n(C2CC2)c1. The zero-order valence-electron chi connectivity index (χ0n) is 24.9. The van der Waals surface area contributed by atoms with Gasteiger partial charge in [0.2, 0.25) is 0 Å². The van der Waals surface area contributed by atoms with Crippen LogP contribution in [0.3, 0.4) is 0 Å². The zero-order chi connectivity index (χ0) is 32.5. The highest BCUT2D eigenvalue weighted by atomic mass is 19.3. The van der Waals surface area contributed by atoms with Crippen LogP contribution < -0.4 is 20.9 Å². The predicted molar refractivity (Wildman–Crippen MR) is 157 cm³/mol. The van der Waals surface area contributed by atoms with E-state index < -0.39 is 43.0 Å². The second-order valence-corrected chi connectivity index (χ2v) is 11.3. The number of carbonyl (C=O) groups excluding carboxylic acids is 2. The summed E-state index contributed by atoms with van der Waals surface area (Å²) in [4.78, 5) is 45.2. The van der Waals surface area contributed by atoms with Crippen LogP contribution in [-0.2, 0) is 11.3 Å². The topological polar surface area (TPSA) is 115 Å². The molecule has 3 heterocycles. The summed E-state index contributed by atoms with van der Waals surface area (Å²) in [5.74, 6) is -4.77. The van der Waals surface area contributed by atoms with Crippen LogP contribution in [0.2, 0.25) is 0 Å². The molecule has 2 fully saturated rings. The molecule has 0 radical (unpaired) electrons. The molecule has 0 bridgehead atoms. The lowest BCUT2D eigenvalue weighted by atomic mass is 9.97. The number of alkyl halides is 4. The van der Waals surface area contributed by atoms with E-state index in [0.29, 0.717) is 24.3 Å². The third-order valence-corrected chi connectivity index (χ3v) is 7.53. The summed E-state index contributed by atoms with van der Waals surface area (Å²) in [6.45, 7) is -0.257. The van der Waals surface area contributed by atoms with Gasteiger partial charge in [-0.25, -0.2) is 13.8 Å². The first-order valence-corrected chi connectivity index (χ1v) is 14.4. The van der Waals surface area contributed by atoms with E-state index in [1.807, 2.05) is 6.92 Å². The molecule has 5 rings (SSSR count). The molecule has 1 aliphatic carbocycles. The smallest absolute Gasteiger partial charge is 0.387 e. The van der Waals surface area contributed by atoms with Crippen molar-refractivity contribution in [3.8, 4) is 16.9 Å². The second kappa shape index (κ2) is 13.0. The monoisotopic (exact) mass is 631 g/mol. The van der Waals surface area contributed by atoms with Crippen molar-refractivity contribution in [1.82, 2.24) is 19.8 Å². The van der Waals surface area contributed by atoms with Crippen LogP contribution >= 0.6 is 0 Å². The number of benzene rings is 1. The van der Waals surface area contributed by atoms with Gasteiger partial charge < -0.3 is 29.6 Å². The van der Waals surface area contributed by atoms with Gasteiger partial charge in [0, 0.05) is 38.1 Å². The van der Waals surface area contributed by atoms with Gasteiger partial charge in [0.1, 0.15) is 17.1 Å². The van der Waals surface area contributed by atoms with E-state index in [2.05, 4.69) is 20.4 Å². The fraction of sp³-hybridized carbons (Fsp3) is 0.419. The Bertz CT molecular complexity index is 1650. The van der Waals surface area contributed by atoms with E-state index in [0.717, 1.165) is 29.4 Å². The third kappa shape index (κ3) is 7.68. The Hall–Kier alpha value is -4.30. The quantitative estimate of drug-likeness (QED) is 0.281. The van der Waals surface area contributed by atoms with Crippen LogP contribution in [0.4, 0.5) is 23.4 Å². The maximum Gasteiger partial charge on any atom is 0.387 e. The number of anilines is 1. The molecule has 0 spiro atoms. The van der Waals surface area contributed by atoms with Crippen molar-refractivity contribution in [3.05, 3.63) is 75.3 Å². The number of aromatic nitrogens is 2. The third-order valence-electron chi connectivity index (χ3n) is 7.53. The molecular weight excluding hydrogens is 598 g/mol. The van der Waals surface area contributed by atoms with Crippen LogP contribution in [0, 0.1) is 6.92 Å². The molecule has 1 saturated heterocycles. The number of carbonyl (C=O) groups is 2. The molecule has 1 aliphatic heterocycles. The van der Waals surface area contributed by atoms with E-state index in [1.165, 1.54) is 24.3 Å². The molecule has 0 unspecified atom stereocenters. The van der Waals surface area contributed by atoms with Crippen molar-refractivity contribution in [2.75, 3.05) is 32.1 Å². The summed E-state index contributed by atoms with van der Waals surface area (Å²) in [6, 6.07) is 8.24. The minimum atomic E-state index is -3.16. The second-order valence-electron chi connectivity index (χ2n) is 11.3. The van der Waals surface area contributed by atoms with Crippen molar-refractivity contribution in [2.45, 2.75) is 57.9 Å². The number of hydrogen-bond donors (Lipinski definition) is 2. The van der Waals surface area contributed by atoms with Gasteiger partial charge in [-0.15, -0.1) is 0 Å². The van der Waals surface area contributed by atoms with Crippen molar-refractivity contribution in [1.29, 1.82) is 0 Å². The molecule has 2 aromatic heterocycles. The van der Waals surface area contributed by atoms with Gasteiger partial charge in [0.15, 0.2) is 0 Å².